The quantitative estimate of drug-likeness (QED) is 0.772. The molecule has 0 radical (unpaired) electrons. The van der Waals surface area contributed by atoms with E-state index in [1.807, 2.05) is 55.5 Å². The Labute approximate surface area is 137 Å². The first kappa shape index (κ1) is 16.9. The smallest absolute Gasteiger partial charge is 0.226 e. The highest BCUT2D eigenvalue weighted by Gasteiger charge is 2.02. The molecular formula is C19H24N2O2. The summed E-state index contributed by atoms with van der Waals surface area (Å²) in [6.07, 6.45) is 1.42. The van der Waals surface area contributed by atoms with Crippen LogP contribution >= 0.6 is 0 Å². The molecule has 0 saturated carbocycles. The largest absolute Gasteiger partial charge is 0.494 e. The normalized spacial score (nSPS) is 10.2. The van der Waals surface area contributed by atoms with Gasteiger partial charge in [-0.1, -0.05) is 19.1 Å². The van der Waals surface area contributed by atoms with Crippen LogP contribution in [0.1, 0.15) is 25.8 Å². The number of carbonyl (C=O) groups is 1. The molecule has 23 heavy (non-hydrogen) atoms. The molecule has 0 aliphatic carbocycles. The Hall–Kier alpha value is -2.49. The molecule has 2 rings (SSSR count). The van der Waals surface area contributed by atoms with Gasteiger partial charge in [0, 0.05) is 24.3 Å². The SMILES string of the molecule is CCOc1ccc(NCCC(=O)Nc2ccc(CC)cc2)cc1. The van der Waals surface area contributed by atoms with Crippen LogP contribution in [0.5, 0.6) is 5.75 Å². The highest BCUT2D eigenvalue weighted by atomic mass is 16.5. The van der Waals surface area contributed by atoms with E-state index in [2.05, 4.69) is 17.6 Å². The third kappa shape index (κ3) is 5.66. The summed E-state index contributed by atoms with van der Waals surface area (Å²) in [5, 5.41) is 6.14. The molecule has 1 amide bonds. The van der Waals surface area contributed by atoms with E-state index in [9.17, 15) is 4.79 Å². The molecular weight excluding hydrogens is 288 g/mol. The van der Waals surface area contributed by atoms with Gasteiger partial charge in [-0.2, -0.15) is 0 Å². The van der Waals surface area contributed by atoms with E-state index in [4.69, 9.17) is 4.74 Å². The lowest BCUT2D eigenvalue weighted by atomic mass is 10.1. The minimum atomic E-state index is 0.00712. The van der Waals surface area contributed by atoms with Gasteiger partial charge < -0.3 is 15.4 Å². The summed E-state index contributed by atoms with van der Waals surface area (Å²) in [5.41, 5.74) is 3.09. The van der Waals surface area contributed by atoms with Crippen molar-refractivity contribution < 1.29 is 9.53 Å². The van der Waals surface area contributed by atoms with Crippen molar-refractivity contribution in [2.24, 2.45) is 0 Å². The van der Waals surface area contributed by atoms with Crippen molar-refractivity contribution in [1.29, 1.82) is 0 Å². The van der Waals surface area contributed by atoms with Gasteiger partial charge in [-0.25, -0.2) is 0 Å². The highest BCUT2D eigenvalue weighted by Crippen LogP contribution is 2.15. The maximum absolute atomic E-state index is 11.9. The number of carbonyl (C=O) groups excluding carboxylic acids is 1. The fraction of sp³-hybridized carbons (Fsp3) is 0.316. The summed E-state index contributed by atoms with van der Waals surface area (Å²) >= 11 is 0. The maximum Gasteiger partial charge on any atom is 0.226 e. The molecule has 4 nitrogen and oxygen atoms in total. The van der Waals surface area contributed by atoms with E-state index in [0.717, 1.165) is 23.5 Å². The van der Waals surface area contributed by atoms with Gasteiger partial charge in [-0.05, 0) is 55.3 Å². The number of benzene rings is 2. The number of nitrogens with one attached hydrogen (secondary N) is 2. The zero-order valence-corrected chi connectivity index (χ0v) is 13.8. The van der Waals surface area contributed by atoms with Crippen molar-refractivity contribution >= 4 is 17.3 Å². The van der Waals surface area contributed by atoms with Crippen molar-refractivity contribution in [1.82, 2.24) is 0 Å². The Morgan fingerprint density at radius 3 is 2.22 bits per heavy atom. The predicted molar refractivity (Wildman–Crippen MR) is 95.2 cm³/mol. The van der Waals surface area contributed by atoms with Gasteiger partial charge in [0.1, 0.15) is 5.75 Å². The average Bonchev–Trinajstić information content (AvgIpc) is 2.57. The summed E-state index contributed by atoms with van der Waals surface area (Å²) in [6, 6.07) is 15.7. The van der Waals surface area contributed by atoms with Crippen LogP contribution in [0, 0.1) is 0 Å². The van der Waals surface area contributed by atoms with Crippen LogP contribution in [0.15, 0.2) is 48.5 Å². The lowest BCUT2D eigenvalue weighted by molar-refractivity contribution is -0.115. The Morgan fingerprint density at radius 2 is 1.61 bits per heavy atom. The maximum atomic E-state index is 11.9. The number of aryl methyl sites for hydroxylation is 1. The zero-order valence-electron chi connectivity index (χ0n) is 13.8. The highest BCUT2D eigenvalue weighted by molar-refractivity contribution is 5.90. The number of rotatable bonds is 8. The van der Waals surface area contributed by atoms with Crippen molar-refractivity contribution in [2.45, 2.75) is 26.7 Å². The first-order valence-electron chi connectivity index (χ1n) is 8.06. The molecule has 0 aromatic heterocycles. The molecule has 0 atom stereocenters. The molecule has 122 valence electrons. The van der Waals surface area contributed by atoms with Crippen LogP contribution in [-0.2, 0) is 11.2 Å². The monoisotopic (exact) mass is 312 g/mol. The van der Waals surface area contributed by atoms with Crippen LogP contribution in [-0.4, -0.2) is 19.1 Å². The molecule has 0 fully saturated rings. The van der Waals surface area contributed by atoms with Gasteiger partial charge in [0.25, 0.3) is 0 Å². The average molecular weight is 312 g/mol. The van der Waals surface area contributed by atoms with Crippen LogP contribution in [0.3, 0.4) is 0 Å². The van der Waals surface area contributed by atoms with Gasteiger partial charge in [-0.15, -0.1) is 0 Å². The number of amides is 1. The molecule has 0 aliphatic rings. The minimum absolute atomic E-state index is 0.00712. The van der Waals surface area contributed by atoms with Crippen molar-refractivity contribution in [3.8, 4) is 5.75 Å². The van der Waals surface area contributed by atoms with Gasteiger partial charge in [0.15, 0.2) is 0 Å². The van der Waals surface area contributed by atoms with Crippen molar-refractivity contribution in [3.05, 3.63) is 54.1 Å². The summed E-state index contributed by atoms with van der Waals surface area (Å²) in [5.74, 6) is 0.860. The van der Waals surface area contributed by atoms with E-state index in [-0.39, 0.29) is 5.91 Å². The van der Waals surface area contributed by atoms with Gasteiger partial charge in [0.05, 0.1) is 6.61 Å². The molecule has 0 unspecified atom stereocenters. The molecule has 0 spiro atoms. The van der Waals surface area contributed by atoms with E-state index in [1.165, 1.54) is 5.56 Å². The number of hydrogen-bond acceptors (Lipinski definition) is 3. The molecule has 0 aliphatic heterocycles. The molecule has 4 heteroatoms. The first-order chi connectivity index (χ1) is 11.2. The van der Waals surface area contributed by atoms with Crippen LogP contribution in [0.4, 0.5) is 11.4 Å². The standard InChI is InChI=1S/C19H24N2O2/c1-3-15-5-7-17(8-6-15)21-19(22)13-14-20-16-9-11-18(12-10-16)23-4-2/h5-12,20H,3-4,13-14H2,1-2H3,(H,21,22). The fourth-order valence-electron chi connectivity index (χ4n) is 2.20. The number of hydrogen-bond donors (Lipinski definition) is 2. The summed E-state index contributed by atoms with van der Waals surface area (Å²) in [4.78, 5) is 11.9. The van der Waals surface area contributed by atoms with Gasteiger partial charge >= 0.3 is 0 Å². The molecule has 0 heterocycles. The molecule has 2 aromatic rings. The summed E-state index contributed by atoms with van der Waals surface area (Å²) in [6.45, 7) is 5.32. The second-order valence-corrected chi connectivity index (χ2v) is 5.23. The fourth-order valence-corrected chi connectivity index (χ4v) is 2.20. The topological polar surface area (TPSA) is 50.4 Å². The Morgan fingerprint density at radius 1 is 0.957 bits per heavy atom. The van der Waals surface area contributed by atoms with Crippen LogP contribution in [0.25, 0.3) is 0 Å². The summed E-state index contributed by atoms with van der Waals surface area (Å²) < 4.78 is 5.39. The lowest BCUT2D eigenvalue weighted by Gasteiger charge is -2.09. The molecule has 2 aromatic carbocycles. The zero-order chi connectivity index (χ0) is 16.5. The minimum Gasteiger partial charge on any atom is -0.494 e. The Kier molecular flexibility index (Phi) is 6.48. The van der Waals surface area contributed by atoms with Gasteiger partial charge in [-0.3, -0.25) is 4.79 Å². The molecule has 2 N–H and O–H groups in total. The van der Waals surface area contributed by atoms with E-state index >= 15 is 0 Å². The lowest BCUT2D eigenvalue weighted by Crippen LogP contribution is -2.16. The van der Waals surface area contributed by atoms with Crippen LogP contribution in [0.2, 0.25) is 0 Å². The first-order valence-corrected chi connectivity index (χ1v) is 8.06. The van der Waals surface area contributed by atoms with Crippen LogP contribution < -0.4 is 15.4 Å². The van der Waals surface area contributed by atoms with Crippen molar-refractivity contribution in [3.63, 3.8) is 0 Å². The number of ether oxygens (including phenoxy) is 1. The van der Waals surface area contributed by atoms with Crippen molar-refractivity contribution in [2.75, 3.05) is 23.8 Å². The summed E-state index contributed by atoms with van der Waals surface area (Å²) in [7, 11) is 0. The number of anilines is 2. The second-order valence-electron chi connectivity index (χ2n) is 5.23. The Balaban J connectivity index is 1.73. The second kappa shape index (κ2) is 8.83. The predicted octanol–water partition coefficient (Wildman–Crippen LogP) is 4.09. The van der Waals surface area contributed by atoms with E-state index in [1.54, 1.807) is 0 Å². The Bertz CT molecular complexity index is 606. The third-order valence-corrected chi connectivity index (χ3v) is 3.49. The van der Waals surface area contributed by atoms with E-state index < -0.39 is 0 Å². The molecule has 0 saturated heterocycles. The van der Waals surface area contributed by atoms with E-state index in [0.29, 0.717) is 19.6 Å². The molecule has 0 bridgehead atoms. The third-order valence-electron chi connectivity index (χ3n) is 3.49. The van der Waals surface area contributed by atoms with Gasteiger partial charge in [0.2, 0.25) is 5.91 Å².